The van der Waals surface area contributed by atoms with Crippen molar-refractivity contribution in [3.8, 4) is 0 Å². The zero-order valence-corrected chi connectivity index (χ0v) is 16.9. The Bertz CT molecular complexity index is 1120. The maximum absolute atomic E-state index is 13.7. The van der Waals surface area contributed by atoms with Gasteiger partial charge in [-0.1, -0.05) is 30.3 Å². The molecule has 3 aromatic rings. The Balaban J connectivity index is 0.00000272. The number of nitrogens with one attached hydrogen (secondary N) is 1. The summed E-state index contributed by atoms with van der Waals surface area (Å²) in [6.07, 6.45) is -5.20. The highest BCUT2D eigenvalue weighted by molar-refractivity contribution is 6.07. The molecule has 7 nitrogen and oxygen atoms in total. The first kappa shape index (κ1) is 22.6. The zero-order chi connectivity index (χ0) is 21.5. The number of ketones is 1. The lowest BCUT2D eigenvalue weighted by atomic mass is 10.1. The number of benzene rings is 2. The highest BCUT2D eigenvalue weighted by Gasteiger charge is 2.51. The molecule has 164 valence electrons. The van der Waals surface area contributed by atoms with Crippen molar-refractivity contribution in [1.82, 2.24) is 5.32 Å². The number of hydrogen-bond acceptors (Lipinski definition) is 5. The van der Waals surface area contributed by atoms with Gasteiger partial charge in [0.2, 0.25) is 0 Å². The molecule has 0 amide bonds. The standard InChI is InChI=1S/C20H17F3N4O3.ClH/c21-20(22,23)19-17(18(28)13-4-2-1-3-5-13)26(29)16-12-14(6-7-15(16)27(19)30)25-10-8-24-9-11-25;/h1-7,12,24H,8-11H2;1H. The van der Waals surface area contributed by atoms with Crippen LogP contribution in [0.2, 0.25) is 0 Å². The van der Waals surface area contributed by atoms with Crippen molar-refractivity contribution in [2.75, 3.05) is 31.1 Å². The first-order valence-electron chi connectivity index (χ1n) is 9.24. The van der Waals surface area contributed by atoms with Crippen LogP contribution in [0.3, 0.4) is 0 Å². The molecule has 2 heterocycles. The van der Waals surface area contributed by atoms with E-state index >= 15 is 0 Å². The van der Waals surface area contributed by atoms with Crippen LogP contribution >= 0.6 is 12.4 Å². The Morgan fingerprint density at radius 3 is 2.23 bits per heavy atom. The maximum atomic E-state index is 13.7. The van der Waals surface area contributed by atoms with E-state index in [4.69, 9.17) is 0 Å². The first-order valence-corrected chi connectivity index (χ1v) is 9.24. The number of anilines is 1. The molecule has 0 saturated carbocycles. The van der Waals surface area contributed by atoms with Crippen molar-refractivity contribution >= 4 is 34.9 Å². The van der Waals surface area contributed by atoms with Gasteiger partial charge in [-0.25, -0.2) is 0 Å². The molecule has 0 unspecified atom stereocenters. The fourth-order valence-corrected chi connectivity index (χ4v) is 3.57. The number of piperazine rings is 1. The Morgan fingerprint density at radius 2 is 1.61 bits per heavy atom. The van der Waals surface area contributed by atoms with Gasteiger partial charge in [-0.3, -0.25) is 4.79 Å². The summed E-state index contributed by atoms with van der Waals surface area (Å²) in [7, 11) is 0. The van der Waals surface area contributed by atoms with Gasteiger partial charge in [0.15, 0.2) is 0 Å². The molecule has 1 N–H and O–H groups in total. The number of hydrogen-bond donors (Lipinski definition) is 1. The minimum Gasteiger partial charge on any atom is -0.618 e. The third-order valence-electron chi connectivity index (χ3n) is 5.03. The van der Waals surface area contributed by atoms with E-state index in [0.717, 1.165) is 0 Å². The molecule has 1 fully saturated rings. The van der Waals surface area contributed by atoms with Crippen LogP contribution in [0, 0.1) is 10.4 Å². The van der Waals surface area contributed by atoms with Gasteiger partial charge in [-0.15, -0.1) is 17.1 Å². The van der Waals surface area contributed by atoms with Crippen molar-refractivity contribution in [2.24, 2.45) is 0 Å². The lowest BCUT2D eigenvalue weighted by Crippen LogP contribution is -2.50. The molecular formula is C20H18ClF3N4O3. The average Bonchev–Trinajstić information content (AvgIpc) is 2.75. The number of nitrogens with zero attached hydrogens (tertiary/aromatic N) is 3. The van der Waals surface area contributed by atoms with Gasteiger partial charge in [0.25, 0.3) is 16.8 Å². The van der Waals surface area contributed by atoms with E-state index in [1.54, 1.807) is 6.07 Å². The number of aromatic nitrogens is 2. The zero-order valence-electron chi connectivity index (χ0n) is 16.1. The summed E-state index contributed by atoms with van der Waals surface area (Å²) in [5.74, 6) is -1.17. The summed E-state index contributed by atoms with van der Waals surface area (Å²) in [4.78, 5) is 14.8. The topological polar surface area (TPSA) is 86.2 Å². The molecule has 2 aromatic carbocycles. The van der Waals surface area contributed by atoms with Gasteiger partial charge in [-0.2, -0.15) is 17.9 Å². The number of carbonyl (C=O) groups is 1. The Kier molecular flexibility index (Phi) is 6.23. The minimum atomic E-state index is -5.20. The Hall–Kier alpha value is -3.11. The molecule has 0 spiro atoms. The van der Waals surface area contributed by atoms with Crippen LogP contribution in [0.1, 0.15) is 21.7 Å². The molecule has 0 radical (unpaired) electrons. The molecule has 1 aromatic heterocycles. The fraction of sp³-hybridized carbons (Fsp3) is 0.250. The molecular weight excluding hydrogens is 437 g/mol. The van der Waals surface area contributed by atoms with Crippen LogP contribution in [0.15, 0.2) is 48.5 Å². The number of carbonyl (C=O) groups excluding carboxylic acids is 1. The summed E-state index contributed by atoms with van der Waals surface area (Å²) in [5.41, 5.74) is -3.35. The highest BCUT2D eigenvalue weighted by Crippen LogP contribution is 2.31. The van der Waals surface area contributed by atoms with E-state index in [2.05, 4.69) is 5.32 Å². The van der Waals surface area contributed by atoms with Crippen molar-refractivity contribution in [1.29, 1.82) is 0 Å². The van der Waals surface area contributed by atoms with Crippen molar-refractivity contribution in [3.63, 3.8) is 0 Å². The van der Waals surface area contributed by atoms with Gasteiger partial charge in [0.05, 0.1) is 0 Å². The molecule has 11 heteroatoms. The van der Waals surface area contributed by atoms with Crippen LogP contribution in [-0.4, -0.2) is 32.0 Å². The van der Waals surface area contributed by atoms with Crippen LogP contribution in [-0.2, 0) is 6.18 Å². The van der Waals surface area contributed by atoms with Gasteiger partial charge < -0.3 is 20.6 Å². The number of halogens is 4. The molecule has 1 aliphatic rings. The Morgan fingerprint density at radius 1 is 0.968 bits per heavy atom. The summed E-state index contributed by atoms with van der Waals surface area (Å²) in [6, 6.07) is 11.1. The molecule has 0 bridgehead atoms. The predicted molar refractivity (Wildman–Crippen MR) is 109 cm³/mol. The molecule has 4 rings (SSSR count). The van der Waals surface area contributed by atoms with Crippen molar-refractivity contribution in [2.45, 2.75) is 6.18 Å². The fourth-order valence-electron chi connectivity index (χ4n) is 3.57. The number of rotatable bonds is 3. The summed E-state index contributed by atoms with van der Waals surface area (Å²) in [6.45, 7) is 2.69. The van der Waals surface area contributed by atoms with E-state index in [1.807, 2.05) is 4.90 Å². The normalized spacial score (nSPS) is 14.4. The predicted octanol–water partition coefficient (Wildman–Crippen LogP) is 2.19. The van der Waals surface area contributed by atoms with E-state index < -0.39 is 28.9 Å². The maximum Gasteiger partial charge on any atom is 0.486 e. The second-order valence-corrected chi connectivity index (χ2v) is 6.89. The van der Waals surface area contributed by atoms with E-state index in [1.165, 1.54) is 42.5 Å². The van der Waals surface area contributed by atoms with Crippen LogP contribution in [0.4, 0.5) is 18.9 Å². The van der Waals surface area contributed by atoms with Gasteiger partial charge in [-0.05, 0) is 6.07 Å². The molecule has 1 saturated heterocycles. The van der Waals surface area contributed by atoms with Gasteiger partial charge in [0.1, 0.15) is 0 Å². The summed E-state index contributed by atoms with van der Waals surface area (Å²) < 4.78 is 40.7. The third-order valence-corrected chi connectivity index (χ3v) is 5.03. The quantitative estimate of drug-likeness (QED) is 0.372. The Labute approximate surface area is 181 Å². The lowest BCUT2D eigenvalue weighted by Gasteiger charge is -2.29. The smallest absolute Gasteiger partial charge is 0.486 e. The lowest BCUT2D eigenvalue weighted by molar-refractivity contribution is -0.647. The van der Waals surface area contributed by atoms with E-state index in [0.29, 0.717) is 31.9 Å². The van der Waals surface area contributed by atoms with Crippen LogP contribution < -0.4 is 19.7 Å². The largest absolute Gasteiger partial charge is 0.618 e. The van der Waals surface area contributed by atoms with Crippen LogP contribution in [0.25, 0.3) is 11.0 Å². The number of alkyl halides is 3. The van der Waals surface area contributed by atoms with Gasteiger partial charge >= 0.3 is 17.6 Å². The summed E-state index contributed by atoms with van der Waals surface area (Å²) in [5, 5.41) is 28.8. The molecule has 0 aliphatic carbocycles. The molecule has 1 aliphatic heterocycles. The second-order valence-electron chi connectivity index (χ2n) is 6.89. The molecule has 31 heavy (non-hydrogen) atoms. The van der Waals surface area contributed by atoms with E-state index in [9.17, 15) is 28.4 Å². The van der Waals surface area contributed by atoms with E-state index in [-0.39, 0.29) is 32.9 Å². The monoisotopic (exact) mass is 454 g/mol. The number of fused-ring (bicyclic) bond motifs is 1. The first-order chi connectivity index (χ1) is 14.3. The highest BCUT2D eigenvalue weighted by atomic mass is 35.5. The van der Waals surface area contributed by atoms with Crippen molar-refractivity contribution in [3.05, 3.63) is 75.9 Å². The van der Waals surface area contributed by atoms with Gasteiger partial charge in [0, 0.05) is 49.6 Å². The minimum absolute atomic E-state index is 0. The van der Waals surface area contributed by atoms with Crippen molar-refractivity contribution < 1.29 is 27.4 Å². The van der Waals surface area contributed by atoms with Crippen LogP contribution in [0.5, 0.6) is 0 Å². The SMILES string of the molecule is Cl.O=C(c1ccccc1)c1c(C(F)(F)F)[n+]([O-])c2ccc(N3CCNCC3)cc2[n+]1[O-]. The molecule has 0 atom stereocenters. The summed E-state index contributed by atoms with van der Waals surface area (Å²) >= 11 is 0. The third kappa shape index (κ3) is 4.08. The average molecular weight is 455 g/mol. The second kappa shape index (κ2) is 8.56.